The number of hydrogen-bond donors (Lipinski definition) is 2. The fourth-order valence-electron chi connectivity index (χ4n) is 3.16. The Balaban J connectivity index is 1.59. The fourth-order valence-corrected chi connectivity index (χ4v) is 3.16. The SMILES string of the molecule is CNC(=O)c1cc(Oc2cccc(CCNC(=O)c3cc(C)cc(C)c3)c2)ccn1. The van der Waals surface area contributed by atoms with Crippen LogP contribution in [0.2, 0.25) is 0 Å². The van der Waals surface area contributed by atoms with Crippen LogP contribution in [-0.4, -0.2) is 30.4 Å². The zero-order valence-electron chi connectivity index (χ0n) is 17.4. The van der Waals surface area contributed by atoms with E-state index in [0.29, 0.717) is 35.7 Å². The Kier molecular flexibility index (Phi) is 6.80. The molecule has 3 rings (SSSR count). The average molecular weight is 403 g/mol. The van der Waals surface area contributed by atoms with Crippen LogP contribution in [0.25, 0.3) is 0 Å². The van der Waals surface area contributed by atoms with Crippen LogP contribution in [0.3, 0.4) is 0 Å². The summed E-state index contributed by atoms with van der Waals surface area (Å²) in [6.45, 7) is 4.48. The lowest BCUT2D eigenvalue weighted by Crippen LogP contribution is -2.25. The van der Waals surface area contributed by atoms with E-state index in [1.165, 1.54) is 6.20 Å². The third-order valence-electron chi connectivity index (χ3n) is 4.51. The van der Waals surface area contributed by atoms with Crippen molar-refractivity contribution in [2.45, 2.75) is 20.3 Å². The summed E-state index contributed by atoms with van der Waals surface area (Å²) >= 11 is 0. The summed E-state index contributed by atoms with van der Waals surface area (Å²) in [6.07, 6.45) is 2.21. The second-order valence-corrected chi connectivity index (χ2v) is 7.09. The van der Waals surface area contributed by atoms with Crippen LogP contribution in [0.1, 0.15) is 37.5 Å². The maximum Gasteiger partial charge on any atom is 0.269 e. The van der Waals surface area contributed by atoms with E-state index in [1.54, 1.807) is 19.2 Å². The predicted octanol–water partition coefficient (Wildman–Crippen LogP) is 3.82. The largest absolute Gasteiger partial charge is 0.457 e. The lowest BCUT2D eigenvalue weighted by molar-refractivity contribution is 0.0947. The molecule has 1 heterocycles. The number of nitrogens with zero attached hydrogens (tertiary/aromatic N) is 1. The van der Waals surface area contributed by atoms with Crippen molar-refractivity contribution in [3.63, 3.8) is 0 Å². The van der Waals surface area contributed by atoms with Crippen LogP contribution in [0.15, 0.2) is 60.8 Å². The maximum absolute atomic E-state index is 12.4. The van der Waals surface area contributed by atoms with Crippen LogP contribution in [-0.2, 0) is 6.42 Å². The molecule has 0 radical (unpaired) electrons. The van der Waals surface area contributed by atoms with Gasteiger partial charge in [0.1, 0.15) is 17.2 Å². The summed E-state index contributed by atoms with van der Waals surface area (Å²) < 4.78 is 5.87. The van der Waals surface area contributed by atoms with Crippen LogP contribution >= 0.6 is 0 Å². The number of benzene rings is 2. The smallest absolute Gasteiger partial charge is 0.269 e. The van der Waals surface area contributed by atoms with Gasteiger partial charge in [0.2, 0.25) is 0 Å². The highest BCUT2D eigenvalue weighted by Crippen LogP contribution is 2.22. The maximum atomic E-state index is 12.4. The minimum absolute atomic E-state index is 0.0762. The van der Waals surface area contributed by atoms with Gasteiger partial charge < -0.3 is 15.4 Å². The third-order valence-corrected chi connectivity index (χ3v) is 4.51. The number of rotatable bonds is 7. The molecule has 2 amide bonds. The first-order valence-electron chi connectivity index (χ1n) is 9.76. The molecular formula is C24H25N3O3. The van der Waals surface area contributed by atoms with Gasteiger partial charge >= 0.3 is 0 Å². The number of amides is 2. The minimum atomic E-state index is -0.270. The summed E-state index contributed by atoms with van der Waals surface area (Å²) in [5.74, 6) is 0.840. The number of carbonyl (C=O) groups is 2. The summed E-state index contributed by atoms with van der Waals surface area (Å²) in [4.78, 5) is 28.1. The summed E-state index contributed by atoms with van der Waals surface area (Å²) in [6, 6.07) is 16.8. The fraction of sp³-hybridized carbons (Fsp3) is 0.208. The molecule has 6 nitrogen and oxygen atoms in total. The van der Waals surface area contributed by atoms with Crippen molar-refractivity contribution in [3.8, 4) is 11.5 Å². The van der Waals surface area contributed by atoms with Gasteiger partial charge in [-0.15, -0.1) is 0 Å². The zero-order valence-corrected chi connectivity index (χ0v) is 17.4. The molecule has 0 unspecified atom stereocenters. The van der Waals surface area contributed by atoms with Crippen molar-refractivity contribution >= 4 is 11.8 Å². The highest BCUT2D eigenvalue weighted by Gasteiger charge is 2.08. The molecule has 3 aromatic rings. The van der Waals surface area contributed by atoms with Gasteiger partial charge in [0.25, 0.3) is 11.8 Å². The molecule has 154 valence electrons. The topological polar surface area (TPSA) is 80.3 Å². The number of aromatic nitrogens is 1. The molecule has 0 bridgehead atoms. The van der Waals surface area contributed by atoms with Gasteiger partial charge in [0, 0.05) is 31.4 Å². The molecule has 0 aliphatic carbocycles. The summed E-state index contributed by atoms with van der Waals surface area (Å²) in [7, 11) is 1.56. The van der Waals surface area contributed by atoms with E-state index in [1.807, 2.05) is 56.3 Å². The first-order valence-corrected chi connectivity index (χ1v) is 9.76. The van der Waals surface area contributed by atoms with Crippen LogP contribution in [0, 0.1) is 13.8 Å². The molecule has 0 saturated heterocycles. The number of carbonyl (C=O) groups excluding carboxylic acids is 2. The van der Waals surface area contributed by atoms with Gasteiger partial charge in [-0.3, -0.25) is 14.6 Å². The second-order valence-electron chi connectivity index (χ2n) is 7.09. The number of hydrogen-bond acceptors (Lipinski definition) is 4. The minimum Gasteiger partial charge on any atom is -0.457 e. The predicted molar refractivity (Wildman–Crippen MR) is 116 cm³/mol. The molecule has 0 saturated carbocycles. The van der Waals surface area contributed by atoms with Crippen LogP contribution in [0.5, 0.6) is 11.5 Å². The Morgan fingerprint density at radius 1 is 0.933 bits per heavy atom. The molecule has 0 spiro atoms. The van der Waals surface area contributed by atoms with Gasteiger partial charge in [-0.2, -0.15) is 0 Å². The van der Waals surface area contributed by atoms with Gasteiger partial charge in [-0.05, 0) is 56.2 Å². The van der Waals surface area contributed by atoms with Crippen molar-refractivity contribution in [1.82, 2.24) is 15.6 Å². The van der Waals surface area contributed by atoms with Gasteiger partial charge in [0.15, 0.2) is 0 Å². The van der Waals surface area contributed by atoms with Gasteiger partial charge in [0.05, 0.1) is 0 Å². The monoisotopic (exact) mass is 403 g/mol. The van der Waals surface area contributed by atoms with Crippen LogP contribution < -0.4 is 15.4 Å². The molecule has 0 fully saturated rings. The van der Waals surface area contributed by atoms with Crippen molar-refractivity contribution < 1.29 is 14.3 Å². The highest BCUT2D eigenvalue weighted by molar-refractivity contribution is 5.94. The second kappa shape index (κ2) is 9.69. The lowest BCUT2D eigenvalue weighted by Gasteiger charge is -2.10. The molecule has 2 aromatic carbocycles. The number of nitrogens with one attached hydrogen (secondary N) is 2. The molecule has 6 heteroatoms. The highest BCUT2D eigenvalue weighted by atomic mass is 16.5. The Morgan fingerprint density at radius 3 is 2.40 bits per heavy atom. The molecule has 0 aliphatic heterocycles. The third kappa shape index (κ3) is 5.67. The van der Waals surface area contributed by atoms with Gasteiger partial charge in [-0.25, -0.2) is 0 Å². The normalized spacial score (nSPS) is 10.4. The molecular weight excluding hydrogens is 378 g/mol. The quantitative estimate of drug-likeness (QED) is 0.628. The van der Waals surface area contributed by atoms with Gasteiger partial charge in [-0.1, -0.05) is 29.3 Å². The number of ether oxygens (including phenoxy) is 1. The number of aryl methyl sites for hydroxylation is 2. The van der Waals surface area contributed by atoms with E-state index in [-0.39, 0.29) is 11.8 Å². The van der Waals surface area contributed by atoms with E-state index in [0.717, 1.165) is 16.7 Å². The summed E-state index contributed by atoms with van der Waals surface area (Å²) in [5, 5.41) is 5.51. The standard InChI is InChI=1S/C24H25N3O3/c1-16-11-17(2)13-19(12-16)23(28)27-9-7-18-5-4-6-20(14-18)30-21-8-10-26-22(15-21)24(29)25-3/h4-6,8,10-15H,7,9H2,1-3H3,(H,25,29)(H,27,28). The molecule has 0 aliphatic rings. The summed E-state index contributed by atoms with van der Waals surface area (Å²) in [5.41, 5.74) is 4.14. The Bertz CT molecular complexity index is 1040. The number of pyridine rings is 1. The van der Waals surface area contributed by atoms with E-state index in [9.17, 15) is 9.59 Å². The Labute approximate surface area is 176 Å². The molecule has 0 atom stereocenters. The van der Waals surface area contributed by atoms with Crippen LogP contribution in [0.4, 0.5) is 0 Å². The molecule has 1 aromatic heterocycles. The van der Waals surface area contributed by atoms with Crippen molar-refractivity contribution in [2.24, 2.45) is 0 Å². The first kappa shape index (κ1) is 21.0. The van der Waals surface area contributed by atoms with Crippen molar-refractivity contribution in [1.29, 1.82) is 0 Å². The van der Waals surface area contributed by atoms with E-state index in [4.69, 9.17) is 4.74 Å². The molecule has 2 N–H and O–H groups in total. The van der Waals surface area contributed by atoms with Crippen molar-refractivity contribution in [3.05, 3.63) is 88.7 Å². The van der Waals surface area contributed by atoms with E-state index >= 15 is 0 Å². The van der Waals surface area contributed by atoms with E-state index in [2.05, 4.69) is 15.6 Å². The van der Waals surface area contributed by atoms with E-state index < -0.39 is 0 Å². The Hall–Kier alpha value is -3.67. The zero-order chi connectivity index (χ0) is 21.5. The lowest BCUT2D eigenvalue weighted by atomic mass is 10.1. The average Bonchev–Trinajstić information content (AvgIpc) is 2.73. The Morgan fingerprint density at radius 2 is 1.67 bits per heavy atom. The first-order chi connectivity index (χ1) is 14.4. The molecule has 30 heavy (non-hydrogen) atoms. The van der Waals surface area contributed by atoms with Crippen molar-refractivity contribution in [2.75, 3.05) is 13.6 Å².